The van der Waals surface area contributed by atoms with Gasteiger partial charge in [0.2, 0.25) is 0 Å². The monoisotopic (exact) mass is 408 g/mol. The molecule has 7 heteroatoms. The Balaban J connectivity index is 1.38. The first-order chi connectivity index (χ1) is 14.3. The molecule has 6 rings (SSSR count). The molecule has 1 N–H and O–H groups in total. The summed E-state index contributed by atoms with van der Waals surface area (Å²) in [7, 11) is 0. The first-order valence-corrected chi connectivity index (χ1v) is 10.6. The van der Waals surface area contributed by atoms with E-state index in [9.17, 15) is 14.0 Å². The second-order valence-corrected chi connectivity index (χ2v) is 9.70. The summed E-state index contributed by atoms with van der Waals surface area (Å²) < 4.78 is 13.6. The summed E-state index contributed by atoms with van der Waals surface area (Å²) in [6.07, 6.45) is 10.8. The SMILES string of the molecule is Cc1cncc(C(=O)CC23CC4CC(C2)CC(NC(=O)c2cc(F)ccn2)(C4)C3)n1. The maximum atomic E-state index is 13.6. The standard InChI is InChI=1S/C23H25FN4O2/c1-14-11-25-12-19(27-14)20(29)10-22-6-15-4-16(7-22)9-23(8-15,13-22)28-21(30)18-5-17(24)2-3-26-18/h2-3,5,11-12,15-16H,4,6-10,13H2,1H3,(H,28,30). The maximum absolute atomic E-state index is 13.6. The highest BCUT2D eigenvalue weighted by Crippen LogP contribution is 2.63. The smallest absolute Gasteiger partial charge is 0.270 e. The van der Waals surface area contributed by atoms with Crippen molar-refractivity contribution in [1.82, 2.24) is 20.3 Å². The molecule has 2 unspecified atom stereocenters. The number of nitrogens with zero attached hydrogens (tertiary/aromatic N) is 3. The maximum Gasteiger partial charge on any atom is 0.270 e. The second kappa shape index (κ2) is 6.93. The molecule has 0 aliphatic heterocycles. The van der Waals surface area contributed by atoms with Crippen LogP contribution in [0.15, 0.2) is 30.7 Å². The number of pyridine rings is 1. The molecule has 2 aromatic rings. The molecule has 1 amide bonds. The molecular weight excluding hydrogens is 383 g/mol. The second-order valence-electron chi connectivity index (χ2n) is 9.70. The molecule has 2 aromatic heterocycles. The number of hydrogen-bond donors (Lipinski definition) is 1. The number of Topliss-reactive ketones (excluding diaryl/α,β-unsaturated/α-hetero) is 1. The number of ketones is 1. The Morgan fingerprint density at radius 3 is 2.63 bits per heavy atom. The van der Waals surface area contributed by atoms with Crippen molar-refractivity contribution in [2.75, 3.05) is 0 Å². The Kier molecular flexibility index (Phi) is 4.45. The van der Waals surface area contributed by atoms with Gasteiger partial charge in [0, 0.05) is 30.4 Å². The number of carbonyl (C=O) groups excluding carboxylic acids is 2. The van der Waals surface area contributed by atoms with Gasteiger partial charge in [-0.25, -0.2) is 9.37 Å². The van der Waals surface area contributed by atoms with Gasteiger partial charge in [0.15, 0.2) is 5.78 Å². The Bertz CT molecular complexity index is 932. The van der Waals surface area contributed by atoms with Crippen LogP contribution in [0.4, 0.5) is 4.39 Å². The zero-order valence-corrected chi connectivity index (χ0v) is 17.0. The topological polar surface area (TPSA) is 84.8 Å². The van der Waals surface area contributed by atoms with Gasteiger partial charge < -0.3 is 5.32 Å². The predicted molar refractivity (Wildman–Crippen MR) is 107 cm³/mol. The van der Waals surface area contributed by atoms with Crippen molar-refractivity contribution >= 4 is 11.7 Å². The van der Waals surface area contributed by atoms with Gasteiger partial charge in [0.05, 0.1) is 11.9 Å². The summed E-state index contributed by atoms with van der Waals surface area (Å²) in [5.74, 6) is 0.234. The number of nitrogens with one attached hydrogen (secondary N) is 1. The average molecular weight is 408 g/mol. The first-order valence-electron chi connectivity index (χ1n) is 10.6. The van der Waals surface area contributed by atoms with E-state index in [0.29, 0.717) is 24.0 Å². The molecule has 0 radical (unpaired) electrons. The molecule has 4 saturated carbocycles. The molecular formula is C23H25FN4O2. The number of halogens is 1. The van der Waals surface area contributed by atoms with Gasteiger partial charge >= 0.3 is 0 Å². The van der Waals surface area contributed by atoms with Crippen LogP contribution in [0.1, 0.15) is 71.6 Å². The third-order valence-corrected chi connectivity index (χ3v) is 7.09. The van der Waals surface area contributed by atoms with E-state index in [-0.39, 0.29) is 28.3 Å². The van der Waals surface area contributed by atoms with Crippen LogP contribution in [0.3, 0.4) is 0 Å². The van der Waals surface area contributed by atoms with Crippen molar-refractivity contribution in [3.63, 3.8) is 0 Å². The van der Waals surface area contributed by atoms with E-state index in [2.05, 4.69) is 20.3 Å². The summed E-state index contributed by atoms with van der Waals surface area (Å²) >= 11 is 0. The number of aromatic nitrogens is 3. The third kappa shape index (κ3) is 3.50. The van der Waals surface area contributed by atoms with Crippen molar-refractivity contribution in [1.29, 1.82) is 0 Å². The summed E-state index contributed by atoms with van der Waals surface area (Å²) in [6, 6.07) is 2.40. The van der Waals surface area contributed by atoms with E-state index in [4.69, 9.17) is 0 Å². The Hall–Kier alpha value is -2.70. The van der Waals surface area contributed by atoms with Crippen LogP contribution in [0.25, 0.3) is 0 Å². The minimum absolute atomic E-state index is 0.0291. The average Bonchev–Trinajstić information content (AvgIpc) is 2.66. The van der Waals surface area contributed by atoms with Gasteiger partial charge in [-0.1, -0.05) is 0 Å². The van der Waals surface area contributed by atoms with Gasteiger partial charge in [0.1, 0.15) is 17.2 Å². The van der Waals surface area contributed by atoms with Crippen LogP contribution in [0, 0.1) is 30.0 Å². The third-order valence-electron chi connectivity index (χ3n) is 7.09. The molecule has 4 fully saturated rings. The lowest BCUT2D eigenvalue weighted by Crippen LogP contribution is -2.63. The van der Waals surface area contributed by atoms with Gasteiger partial charge in [-0.05, 0) is 68.8 Å². The fraction of sp³-hybridized carbons (Fsp3) is 0.522. The number of hydrogen-bond acceptors (Lipinski definition) is 5. The lowest BCUT2D eigenvalue weighted by Gasteiger charge is -2.62. The molecule has 4 aliphatic carbocycles. The number of amides is 1. The minimum atomic E-state index is -0.470. The largest absolute Gasteiger partial charge is 0.345 e. The van der Waals surface area contributed by atoms with Crippen LogP contribution < -0.4 is 5.32 Å². The van der Waals surface area contributed by atoms with Crippen LogP contribution in [0.5, 0.6) is 0 Å². The van der Waals surface area contributed by atoms with E-state index >= 15 is 0 Å². The fourth-order valence-corrected chi connectivity index (χ4v) is 6.67. The van der Waals surface area contributed by atoms with Gasteiger partial charge in [-0.2, -0.15) is 0 Å². The molecule has 156 valence electrons. The summed E-state index contributed by atoms with van der Waals surface area (Å²) in [5, 5.41) is 3.21. The molecule has 0 aromatic carbocycles. The van der Waals surface area contributed by atoms with E-state index in [1.165, 1.54) is 18.3 Å². The lowest BCUT2D eigenvalue weighted by atomic mass is 9.46. The van der Waals surface area contributed by atoms with E-state index in [1.54, 1.807) is 12.4 Å². The number of rotatable bonds is 5. The number of carbonyl (C=O) groups is 2. The van der Waals surface area contributed by atoms with E-state index < -0.39 is 5.82 Å². The molecule has 6 nitrogen and oxygen atoms in total. The van der Waals surface area contributed by atoms with Crippen molar-refractivity contribution in [3.8, 4) is 0 Å². The Labute approximate surface area is 174 Å². The number of aryl methyl sites for hydroxylation is 1. The summed E-state index contributed by atoms with van der Waals surface area (Å²) in [6.45, 7) is 1.83. The fourth-order valence-electron chi connectivity index (χ4n) is 6.67. The highest BCUT2D eigenvalue weighted by atomic mass is 19.1. The van der Waals surface area contributed by atoms with Crippen LogP contribution in [-0.4, -0.2) is 32.2 Å². The zero-order chi connectivity index (χ0) is 20.9. The Morgan fingerprint density at radius 2 is 1.93 bits per heavy atom. The first kappa shape index (κ1) is 19.3. The summed E-state index contributed by atoms with van der Waals surface area (Å²) in [4.78, 5) is 38.4. The Morgan fingerprint density at radius 1 is 1.17 bits per heavy atom. The summed E-state index contributed by atoms with van der Waals surface area (Å²) in [5.41, 5.74) is 0.805. The van der Waals surface area contributed by atoms with Crippen molar-refractivity contribution < 1.29 is 14.0 Å². The van der Waals surface area contributed by atoms with Crippen molar-refractivity contribution in [3.05, 3.63) is 53.6 Å². The van der Waals surface area contributed by atoms with Crippen LogP contribution in [0.2, 0.25) is 0 Å². The molecule has 4 bridgehead atoms. The van der Waals surface area contributed by atoms with Gasteiger partial charge in [-0.3, -0.25) is 19.6 Å². The molecule has 2 heterocycles. The molecule has 30 heavy (non-hydrogen) atoms. The van der Waals surface area contributed by atoms with E-state index in [1.807, 2.05) is 6.92 Å². The van der Waals surface area contributed by atoms with Crippen molar-refractivity contribution in [2.45, 2.75) is 57.4 Å². The van der Waals surface area contributed by atoms with Gasteiger partial charge in [-0.15, -0.1) is 0 Å². The van der Waals surface area contributed by atoms with Gasteiger partial charge in [0.25, 0.3) is 5.91 Å². The minimum Gasteiger partial charge on any atom is -0.345 e. The van der Waals surface area contributed by atoms with E-state index in [0.717, 1.165) is 44.2 Å². The highest BCUT2D eigenvalue weighted by molar-refractivity contribution is 5.94. The normalized spacial score (nSPS) is 31.5. The predicted octanol–water partition coefficient (Wildman–Crippen LogP) is 3.66. The van der Waals surface area contributed by atoms with Crippen LogP contribution in [-0.2, 0) is 0 Å². The molecule has 2 atom stereocenters. The molecule has 0 saturated heterocycles. The van der Waals surface area contributed by atoms with Crippen LogP contribution >= 0.6 is 0 Å². The molecule has 0 spiro atoms. The molecule has 4 aliphatic rings. The lowest BCUT2D eigenvalue weighted by molar-refractivity contribution is -0.0771. The highest BCUT2D eigenvalue weighted by Gasteiger charge is 2.58. The zero-order valence-electron chi connectivity index (χ0n) is 17.0. The quantitative estimate of drug-likeness (QED) is 0.763. The van der Waals surface area contributed by atoms with Crippen molar-refractivity contribution in [2.24, 2.45) is 17.3 Å².